The van der Waals surface area contributed by atoms with Crippen LogP contribution in [0.4, 0.5) is 0 Å². The van der Waals surface area contributed by atoms with Crippen LogP contribution < -0.4 is 4.18 Å². The first-order valence-corrected chi connectivity index (χ1v) is 10.2. The zero-order chi connectivity index (χ0) is 16.1. The van der Waals surface area contributed by atoms with Crippen molar-refractivity contribution in [2.75, 3.05) is 5.75 Å². The van der Waals surface area contributed by atoms with Crippen molar-refractivity contribution >= 4 is 10.1 Å². The van der Waals surface area contributed by atoms with Crippen LogP contribution in [0, 0.1) is 41.7 Å². The van der Waals surface area contributed by atoms with E-state index in [1.165, 1.54) is 44.9 Å². The number of para-hydroxylation sites is 1. The summed E-state index contributed by atoms with van der Waals surface area (Å²) in [6.07, 6.45) is 11.9. The summed E-state index contributed by atoms with van der Waals surface area (Å²) >= 11 is 0. The summed E-state index contributed by atoms with van der Waals surface area (Å²) in [4.78, 5) is 0. The fourth-order valence-electron chi connectivity index (χ4n) is 2.43. The van der Waals surface area contributed by atoms with Crippen LogP contribution in [0.2, 0.25) is 0 Å². The molecule has 1 aromatic carbocycles. The summed E-state index contributed by atoms with van der Waals surface area (Å²) in [5, 5.41) is 0. The molecule has 5 heteroatoms. The van der Waals surface area contributed by atoms with E-state index in [1.807, 2.05) is 6.07 Å². The van der Waals surface area contributed by atoms with Gasteiger partial charge in [0.2, 0.25) is 0 Å². The van der Waals surface area contributed by atoms with Crippen molar-refractivity contribution in [2.24, 2.45) is 0 Å². The van der Waals surface area contributed by atoms with Gasteiger partial charge in [-0.25, -0.2) is 0 Å². The molecule has 0 radical (unpaired) electrons. The van der Waals surface area contributed by atoms with Crippen LogP contribution in [-0.2, 0) is 10.1 Å². The Bertz CT molecular complexity index is 474. The molecule has 0 unspecified atom stereocenters. The molecule has 0 aliphatic heterocycles. The van der Waals surface area contributed by atoms with Gasteiger partial charge in [0.05, 0.1) is 5.75 Å². The van der Waals surface area contributed by atoms with Gasteiger partial charge in [-0.1, -0.05) is 82.9 Å². The van der Waals surface area contributed by atoms with Crippen LogP contribution in [0.3, 0.4) is 0 Å². The van der Waals surface area contributed by atoms with E-state index in [9.17, 15) is 8.42 Å². The van der Waals surface area contributed by atoms with Gasteiger partial charge in [0.1, 0.15) is 5.75 Å². The van der Waals surface area contributed by atoms with Crippen LogP contribution >= 0.6 is 0 Å². The van der Waals surface area contributed by atoms with Crippen LogP contribution in [0.5, 0.6) is 5.75 Å². The zero-order valence-corrected chi connectivity index (χ0v) is 18.3. The smallest absolute Gasteiger partial charge is 0.309 e. The predicted octanol–water partition coefficient (Wildman–Crippen LogP) is 5.32. The van der Waals surface area contributed by atoms with Gasteiger partial charge in [0.15, 0.2) is 0 Å². The van der Waals surface area contributed by atoms with E-state index in [-0.39, 0.29) is 47.5 Å². The fraction of sp³-hybridized carbons (Fsp3) is 0.667. The van der Waals surface area contributed by atoms with Crippen molar-refractivity contribution < 1.29 is 54.3 Å². The minimum absolute atomic E-state index is 0. The van der Waals surface area contributed by atoms with E-state index in [1.54, 1.807) is 24.3 Å². The van der Waals surface area contributed by atoms with E-state index in [0.29, 0.717) is 12.2 Å². The third-order valence-corrected chi connectivity index (χ3v) is 4.95. The molecular formula is C18H30CeO3S. The standard InChI is InChI=1S/C18H30O3S.Ce/c1-2-3-4-5-6-7-8-9-10-14-17-22(19,20)21-18-15-12-11-13-16-18;/h11-13,15-16H,2-10,14,17H2,1H3;. The minimum Gasteiger partial charge on any atom is -0.382 e. The predicted molar refractivity (Wildman–Crippen MR) is 92.7 cm³/mol. The van der Waals surface area contributed by atoms with Crippen molar-refractivity contribution in [1.82, 2.24) is 0 Å². The number of hydrogen-bond acceptors (Lipinski definition) is 3. The first kappa shape index (κ1) is 23.3. The fourth-order valence-corrected chi connectivity index (χ4v) is 3.48. The first-order chi connectivity index (χ1) is 10.6. The van der Waals surface area contributed by atoms with Gasteiger partial charge in [-0.2, -0.15) is 8.42 Å². The van der Waals surface area contributed by atoms with Crippen LogP contribution in [0.15, 0.2) is 30.3 Å². The third kappa shape index (κ3) is 13.3. The molecule has 1 rings (SSSR count). The number of benzene rings is 1. The average Bonchev–Trinajstić information content (AvgIpc) is 2.49. The molecular weight excluding hydrogens is 436 g/mol. The summed E-state index contributed by atoms with van der Waals surface area (Å²) in [6.45, 7) is 2.23. The van der Waals surface area contributed by atoms with Gasteiger partial charge in [-0.3, -0.25) is 0 Å². The summed E-state index contributed by atoms with van der Waals surface area (Å²) < 4.78 is 28.7. The molecule has 0 aliphatic rings. The van der Waals surface area contributed by atoms with Crippen molar-refractivity contribution in [3.8, 4) is 5.75 Å². The Morgan fingerprint density at radius 3 is 1.78 bits per heavy atom. The average molecular weight is 467 g/mol. The van der Waals surface area contributed by atoms with E-state index in [4.69, 9.17) is 4.18 Å². The van der Waals surface area contributed by atoms with Gasteiger partial charge in [-0.15, -0.1) is 0 Å². The Balaban J connectivity index is 0.00000484. The molecule has 0 atom stereocenters. The van der Waals surface area contributed by atoms with E-state index >= 15 is 0 Å². The van der Waals surface area contributed by atoms with Crippen molar-refractivity contribution in [1.29, 1.82) is 0 Å². The van der Waals surface area contributed by atoms with Gasteiger partial charge in [0, 0.05) is 41.7 Å². The zero-order valence-electron chi connectivity index (χ0n) is 14.3. The number of hydrogen-bond donors (Lipinski definition) is 0. The van der Waals surface area contributed by atoms with Gasteiger partial charge >= 0.3 is 10.1 Å². The second kappa shape index (κ2) is 14.7. The first-order valence-electron chi connectivity index (χ1n) is 8.61. The number of unbranched alkanes of at least 4 members (excludes halogenated alkanes) is 9. The molecule has 1 aromatic rings. The van der Waals surface area contributed by atoms with E-state index in [2.05, 4.69) is 6.92 Å². The second-order valence-corrected chi connectivity index (χ2v) is 7.53. The Kier molecular flexibility index (Phi) is 14.9. The van der Waals surface area contributed by atoms with Gasteiger partial charge in [0.25, 0.3) is 0 Å². The molecule has 130 valence electrons. The molecule has 0 aliphatic carbocycles. The minimum atomic E-state index is -3.44. The monoisotopic (exact) mass is 466 g/mol. The normalized spacial score (nSPS) is 11.0. The quantitative estimate of drug-likeness (QED) is 0.292. The molecule has 0 aromatic heterocycles. The Labute approximate surface area is 176 Å². The SMILES string of the molecule is CCCCCCCCCCCCS(=O)(=O)Oc1ccccc1.[Ce]. The summed E-state index contributed by atoms with van der Waals surface area (Å²) in [5.41, 5.74) is 0. The molecule has 0 saturated heterocycles. The summed E-state index contributed by atoms with van der Waals surface area (Å²) in [6, 6.07) is 8.70. The van der Waals surface area contributed by atoms with Crippen LogP contribution in [0.25, 0.3) is 0 Å². The van der Waals surface area contributed by atoms with Crippen molar-refractivity contribution in [3.05, 3.63) is 30.3 Å². The van der Waals surface area contributed by atoms with E-state index < -0.39 is 10.1 Å². The Morgan fingerprint density at radius 1 is 0.783 bits per heavy atom. The molecule has 0 bridgehead atoms. The molecule has 0 amide bonds. The molecule has 0 saturated carbocycles. The third-order valence-electron chi connectivity index (χ3n) is 3.71. The maximum absolute atomic E-state index is 11.8. The molecule has 0 spiro atoms. The second-order valence-electron chi connectivity index (χ2n) is 5.84. The Hall–Kier alpha value is 0.347. The summed E-state index contributed by atoms with van der Waals surface area (Å²) in [7, 11) is -3.44. The Morgan fingerprint density at radius 2 is 1.26 bits per heavy atom. The maximum atomic E-state index is 11.8. The maximum Gasteiger partial charge on any atom is 0.309 e. The summed E-state index contributed by atoms with van der Waals surface area (Å²) in [5.74, 6) is 0.507. The van der Waals surface area contributed by atoms with Gasteiger partial charge in [-0.05, 0) is 18.6 Å². The van der Waals surface area contributed by atoms with Crippen molar-refractivity contribution in [2.45, 2.75) is 71.1 Å². The molecule has 0 fully saturated rings. The van der Waals surface area contributed by atoms with E-state index in [0.717, 1.165) is 12.8 Å². The molecule has 3 nitrogen and oxygen atoms in total. The van der Waals surface area contributed by atoms with Crippen molar-refractivity contribution in [3.63, 3.8) is 0 Å². The molecule has 0 heterocycles. The van der Waals surface area contributed by atoms with Gasteiger partial charge < -0.3 is 4.18 Å². The topological polar surface area (TPSA) is 43.4 Å². The molecule has 23 heavy (non-hydrogen) atoms. The number of rotatable bonds is 13. The van der Waals surface area contributed by atoms with Crippen LogP contribution in [-0.4, -0.2) is 14.2 Å². The van der Waals surface area contributed by atoms with Crippen LogP contribution in [0.1, 0.15) is 71.1 Å². The molecule has 0 N–H and O–H groups in total. The largest absolute Gasteiger partial charge is 0.382 e.